The zero-order valence-electron chi connectivity index (χ0n) is 15.1. The molecular weight excluding hydrogens is 355 g/mol. The zero-order valence-corrected chi connectivity index (χ0v) is 15.1. The highest BCUT2D eigenvalue weighted by Crippen LogP contribution is 2.27. The summed E-state index contributed by atoms with van der Waals surface area (Å²) in [5.74, 6) is 0.118. The largest absolute Gasteiger partial charge is 0.497 e. The van der Waals surface area contributed by atoms with Crippen molar-refractivity contribution in [3.05, 3.63) is 90.2 Å². The van der Waals surface area contributed by atoms with Gasteiger partial charge in [-0.15, -0.1) is 0 Å². The number of anilines is 1. The second kappa shape index (κ2) is 7.48. The highest BCUT2D eigenvalue weighted by Gasteiger charge is 2.14. The molecule has 0 radical (unpaired) electrons. The van der Waals surface area contributed by atoms with Gasteiger partial charge in [-0.1, -0.05) is 18.2 Å². The lowest BCUT2D eigenvalue weighted by Crippen LogP contribution is -2.13. The van der Waals surface area contributed by atoms with E-state index in [9.17, 15) is 9.18 Å². The van der Waals surface area contributed by atoms with Gasteiger partial charge in [0.2, 0.25) is 0 Å². The monoisotopic (exact) mass is 372 g/mol. The van der Waals surface area contributed by atoms with Gasteiger partial charge in [0.15, 0.2) is 0 Å². The smallest absolute Gasteiger partial charge is 0.256 e. The summed E-state index contributed by atoms with van der Waals surface area (Å²) in [5, 5.41) is 3.57. The van der Waals surface area contributed by atoms with E-state index in [1.54, 1.807) is 13.2 Å². The SMILES string of the molecule is COc1ccc(-c2cc(C(=O)Nc3ccc(F)cc3)c3ccccc3n2)cc1. The molecule has 0 atom stereocenters. The van der Waals surface area contributed by atoms with Crippen LogP contribution in [0.2, 0.25) is 0 Å². The van der Waals surface area contributed by atoms with Crippen LogP contribution in [0.1, 0.15) is 10.4 Å². The quantitative estimate of drug-likeness (QED) is 0.529. The van der Waals surface area contributed by atoms with Crippen LogP contribution in [0, 0.1) is 5.82 Å². The van der Waals surface area contributed by atoms with E-state index in [-0.39, 0.29) is 11.7 Å². The number of benzene rings is 3. The van der Waals surface area contributed by atoms with Gasteiger partial charge in [0.25, 0.3) is 5.91 Å². The molecule has 0 aliphatic carbocycles. The van der Waals surface area contributed by atoms with Crippen molar-refractivity contribution >= 4 is 22.5 Å². The molecule has 1 aromatic heterocycles. The Morgan fingerprint density at radius 2 is 1.68 bits per heavy atom. The molecule has 1 heterocycles. The van der Waals surface area contributed by atoms with Crippen LogP contribution in [0.25, 0.3) is 22.2 Å². The number of para-hydroxylation sites is 1. The summed E-state index contributed by atoms with van der Waals surface area (Å²) >= 11 is 0. The summed E-state index contributed by atoms with van der Waals surface area (Å²) in [4.78, 5) is 17.6. The number of aromatic nitrogens is 1. The number of pyridine rings is 1. The summed E-state index contributed by atoms with van der Waals surface area (Å²) in [5.41, 5.74) is 3.31. The number of nitrogens with zero attached hydrogens (tertiary/aromatic N) is 1. The van der Waals surface area contributed by atoms with E-state index < -0.39 is 0 Å². The van der Waals surface area contributed by atoms with Crippen LogP contribution < -0.4 is 10.1 Å². The number of methoxy groups -OCH3 is 1. The van der Waals surface area contributed by atoms with E-state index in [1.807, 2.05) is 48.5 Å². The standard InChI is InChI=1S/C23H17FN2O2/c1-28-18-12-6-15(7-13-18)22-14-20(19-4-2-3-5-21(19)26-22)23(27)25-17-10-8-16(24)9-11-17/h2-14H,1H3,(H,25,27). The molecular formula is C23H17FN2O2. The molecule has 0 saturated carbocycles. The second-order valence-electron chi connectivity index (χ2n) is 6.26. The number of nitrogens with one attached hydrogen (secondary N) is 1. The highest BCUT2D eigenvalue weighted by molar-refractivity contribution is 6.13. The molecule has 1 amide bonds. The van der Waals surface area contributed by atoms with Crippen LogP contribution in [-0.4, -0.2) is 18.0 Å². The van der Waals surface area contributed by atoms with Crippen LogP contribution in [0.4, 0.5) is 10.1 Å². The first-order chi connectivity index (χ1) is 13.6. The lowest BCUT2D eigenvalue weighted by molar-refractivity contribution is 0.102. The van der Waals surface area contributed by atoms with Crippen LogP contribution in [0.3, 0.4) is 0 Å². The van der Waals surface area contributed by atoms with E-state index in [1.165, 1.54) is 24.3 Å². The number of fused-ring (bicyclic) bond motifs is 1. The van der Waals surface area contributed by atoms with Gasteiger partial charge in [0, 0.05) is 16.6 Å². The average molecular weight is 372 g/mol. The molecule has 0 spiro atoms. The Morgan fingerprint density at radius 3 is 2.39 bits per heavy atom. The molecule has 1 N–H and O–H groups in total. The van der Waals surface area contributed by atoms with E-state index in [0.717, 1.165) is 22.2 Å². The lowest BCUT2D eigenvalue weighted by Gasteiger charge is -2.11. The maximum atomic E-state index is 13.1. The number of rotatable bonds is 4. The number of ether oxygens (including phenoxy) is 1. The predicted molar refractivity (Wildman–Crippen MR) is 108 cm³/mol. The van der Waals surface area contributed by atoms with Crippen molar-refractivity contribution in [2.24, 2.45) is 0 Å². The average Bonchev–Trinajstić information content (AvgIpc) is 2.74. The number of hydrogen-bond donors (Lipinski definition) is 1. The minimum Gasteiger partial charge on any atom is -0.497 e. The van der Waals surface area contributed by atoms with Gasteiger partial charge in [-0.3, -0.25) is 4.79 Å². The molecule has 4 nitrogen and oxygen atoms in total. The van der Waals surface area contributed by atoms with Gasteiger partial charge in [0.1, 0.15) is 11.6 Å². The maximum Gasteiger partial charge on any atom is 0.256 e. The van der Waals surface area contributed by atoms with Crippen molar-refractivity contribution < 1.29 is 13.9 Å². The van der Waals surface area contributed by atoms with Crippen LogP contribution in [-0.2, 0) is 0 Å². The fourth-order valence-electron chi connectivity index (χ4n) is 3.00. The Labute approximate surface area is 161 Å². The Balaban J connectivity index is 1.77. The molecule has 0 aliphatic heterocycles. The Bertz CT molecular complexity index is 1140. The molecule has 0 saturated heterocycles. The Kier molecular flexibility index (Phi) is 4.72. The molecule has 28 heavy (non-hydrogen) atoms. The first-order valence-electron chi connectivity index (χ1n) is 8.75. The van der Waals surface area contributed by atoms with E-state index in [4.69, 9.17) is 9.72 Å². The van der Waals surface area contributed by atoms with Crippen molar-refractivity contribution in [1.82, 2.24) is 4.98 Å². The molecule has 138 valence electrons. The van der Waals surface area contributed by atoms with Crippen molar-refractivity contribution in [3.8, 4) is 17.0 Å². The van der Waals surface area contributed by atoms with Crippen molar-refractivity contribution in [2.75, 3.05) is 12.4 Å². The van der Waals surface area contributed by atoms with Gasteiger partial charge in [-0.2, -0.15) is 0 Å². The zero-order chi connectivity index (χ0) is 19.5. The molecule has 0 aliphatic rings. The number of halogens is 1. The van der Waals surface area contributed by atoms with E-state index in [0.29, 0.717) is 16.9 Å². The van der Waals surface area contributed by atoms with Crippen LogP contribution in [0.15, 0.2) is 78.9 Å². The first kappa shape index (κ1) is 17.7. The van der Waals surface area contributed by atoms with Gasteiger partial charge in [0.05, 0.1) is 23.9 Å². The van der Waals surface area contributed by atoms with Gasteiger partial charge in [-0.05, 0) is 60.7 Å². The molecule has 3 aromatic carbocycles. The van der Waals surface area contributed by atoms with Gasteiger partial charge in [-0.25, -0.2) is 9.37 Å². The Hall–Kier alpha value is -3.73. The molecule has 4 aromatic rings. The highest BCUT2D eigenvalue weighted by atomic mass is 19.1. The summed E-state index contributed by atoms with van der Waals surface area (Å²) in [6, 6.07) is 22.4. The van der Waals surface area contributed by atoms with Gasteiger partial charge >= 0.3 is 0 Å². The predicted octanol–water partition coefficient (Wildman–Crippen LogP) is 5.30. The van der Waals surface area contributed by atoms with Crippen LogP contribution in [0.5, 0.6) is 5.75 Å². The number of amides is 1. The van der Waals surface area contributed by atoms with Crippen LogP contribution >= 0.6 is 0 Å². The molecule has 0 fully saturated rings. The fourth-order valence-corrected chi connectivity index (χ4v) is 3.00. The number of hydrogen-bond acceptors (Lipinski definition) is 3. The minimum atomic E-state index is -0.353. The number of carbonyl (C=O) groups is 1. The number of carbonyl (C=O) groups excluding carboxylic acids is 1. The van der Waals surface area contributed by atoms with Crippen molar-refractivity contribution in [3.63, 3.8) is 0 Å². The normalized spacial score (nSPS) is 10.6. The third-order valence-electron chi connectivity index (χ3n) is 4.45. The summed E-state index contributed by atoms with van der Waals surface area (Å²) in [6.45, 7) is 0. The second-order valence-corrected chi connectivity index (χ2v) is 6.26. The minimum absolute atomic E-state index is 0.278. The topological polar surface area (TPSA) is 51.2 Å². The van der Waals surface area contributed by atoms with E-state index in [2.05, 4.69) is 5.32 Å². The summed E-state index contributed by atoms with van der Waals surface area (Å²) < 4.78 is 18.3. The molecule has 0 unspecified atom stereocenters. The lowest BCUT2D eigenvalue weighted by atomic mass is 10.0. The van der Waals surface area contributed by atoms with E-state index >= 15 is 0 Å². The third-order valence-corrected chi connectivity index (χ3v) is 4.45. The molecule has 0 bridgehead atoms. The Morgan fingerprint density at radius 1 is 0.964 bits per heavy atom. The maximum absolute atomic E-state index is 13.1. The molecule has 4 rings (SSSR count). The van der Waals surface area contributed by atoms with Gasteiger partial charge < -0.3 is 10.1 Å². The molecule has 5 heteroatoms. The van der Waals surface area contributed by atoms with Crippen molar-refractivity contribution in [2.45, 2.75) is 0 Å². The summed E-state index contributed by atoms with van der Waals surface area (Å²) in [7, 11) is 1.61. The fraction of sp³-hybridized carbons (Fsp3) is 0.0435. The first-order valence-corrected chi connectivity index (χ1v) is 8.75. The third kappa shape index (κ3) is 3.55. The van der Waals surface area contributed by atoms with Crippen molar-refractivity contribution in [1.29, 1.82) is 0 Å². The summed E-state index contributed by atoms with van der Waals surface area (Å²) in [6.07, 6.45) is 0.